The Morgan fingerprint density at radius 2 is 2.10 bits per heavy atom. The zero-order valence-corrected chi connectivity index (χ0v) is 15.1. The van der Waals surface area contributed by atoms with E-state index in [4.69, 9.17) is 0 Å². The number of nitrogens with zero attached hydrogens (tertiary/aromatic N) is 4. The molecule has 4 rings (SSSR count). The summed E-state index contributed by atoms with van der Waals surface area (Å²) in [4.78, 5) is 17.3. The highest BCUT2D eigenvalue weighted by molar-refractivity contribution is 5.79. The number of rotatable bonds is 6. The topological polar surface area (TPSA) is 72.3 Å². The van der Waals surface area contributed by atoms with Crippen LogP contribution in [0.3, 0.4) is 0 Å². The second-order valence-electron chi connectivity index (χ2n) is 6.44. The van der Waals surface area contributed by atoms with Gasteiger partial charge in [-0.15, -0.1) is 0 Å². The van der Waals surface area contributed by atoms with Crippen LogP contribution < -0.4 is 10.1 Å². The fraction of sp³-hybridized carbons (Fsp3) is 0.211. The van der Waals surface area contributed by atoms with Crippen molar-refractivity contribution in [2.75, 3.05) is 13.2 Å². The van der Waals surface area contributed by atoms with E-state index < -0.39 is 12.4 Å². The summed E-state index contributed by atoms with van der Waals surface area (Å²) >= 11 is 0. The lowest BCUT2D eigenvalue weighted by Gasteiger charge is -2.10. The number of benzene rings is 1. The van der Waals surface area contributed by atoms with Gasteiger partial charge in [-0.05, 0) is 30.3 Å². The number of aromatic nitrogens is 3. The molecule has 1 amide bonds. The average molecular weight is 403 g/mol. The molecule has 7 nitrogen and oxygen atoms in total. The Morgan fingerprint density at radius 3 is 2.79 bits per heavy atom. The highest BCUT2D eigenvalue weighted by Crippen LogP contribution is 2.29. The molecule has 3 heterocycles. The molecule has 0 radical (unpaired) electrons. The predicted molar refractivity (Wildman–Crippen MR) is 96.8 cm³/mol. The van der Waals surface area contributed by atoms with Crippen LogP contribution in [0.15, 0.2) is 48.8 Å². The van der Waals surface area contributed by atoms with E-state index in [1.165, 1.54) is 12.1 Å². The molecule has 0 unspecified atom stereocenters. The number of hydrogen-bond donors (Lipinski definition) is 1. The van der Waals surface area contributed by atoms with E-state index in [0.717, 1.165) is 6.07 Å². The van der Waals surface area contributed by atoms with Crippen molar-refractivity contribution in [1.82, 2.24) is 25.0 Å². The SMILES string of the molecule is O=C1CN(Cc2cc(-c3cc(F)cc(OC(F)F)c3)n(-c3cccnc3)n2)CN1. The zero-order chi connectivity index (χ0) is 20.4. The molecule has 0 atom stereocenters. The van der Waals surface area contributed by atoms with E-state index in [9.17, 15) is 18.0 Å². The minimum atomic E-state index is -3.07. The van der Waals surface area contributed by atoms with Crippen LogP contribution >= 0.6 is 0 Å². The van der Waals surface area contributed by atoms with Gasteiger partial charge in [0.05, 0.1) is 36.5 Å². The lowest BCUT2D eigenvalue weighted by molar-refractivity contribution is -0.118. The number of carbonyl (C=O) groups excluding carboxylic acids is 1. The Labute approximate surface area is 163 Å². The van der Waals surface area contributed by atoms with Gasteiger partial charge in [0.25, 0.3) is 0 Å². The molecule has 1 aliphatic heterocycles. The molecular formula is C19H16F3N5O2. The van der Waals surface area contributed by atoms with Gasteiger partial charge in [-0.25, -0.2) is 9.07 Å². The van der Waals surface area contributed by atoms with E-state index >= 15 is 0 Å². The van der Waals surface area contributed by atoms with Gasteiger partial charge in [0, 0.05) is 24.4 Å². The van der Waals surface area contributed by atoms with Gasteiger partial charge in [-0.3, -0.25) is 14.7 Å². The Morgan fingerprint density at radius 1 is 1.24 bits per heavy atom. The number of nitrogens with one attached hydrogen (secondary N) is 1. The number of halogens is 3. The molecular weight excluding hydrogens is 387 g/mol. The van der Waals surface area contributed by atoms with Crippen LogP contribution in [0.5, 0.6) is 5.75 Å². The Balaban J connectivity index is 1.75. The Bertz CT molecular complexity index is 1030. The van der Waals surface area contributed by atoms with Crippen LogP contribution in [-0.2, 0) is 11.3 Å². The molecule has 0 saturated carbocycles. The number of amides is 1. The van der Waals surface area contributed by atoms with E-state index in [-0.39, 0.29) is 18.2 Å². The maximum atomic E-state index is 14.1. The van der Waals surface area contributed by atoms with Crippen molar-refractivity contribution < 1.29 is 22.7 Å². The van der Waals surface area contributed by atoms with Crippen LogP contribution in [0.2, 0.25) is 0 Å². The summed E-state index contributed by atoms with van der Waals surface area (Å²) in [6.45, 7) is -2.03. The van der Waals surface area contributed by atoms with Gasteiger partial charge in [0.15, 0.2) is 0 Å². The minimum absolute atomic E-state index is 0.0733. The predicted octanol–water partition coefficient (Wildman–Crippen LogP) is 2.56. The summed E-state index contributed by atoms with van der Waals surface area (Å²) in [5.41, 5.74) is 2.04. The minimum Gasteiger partial charge on any atom is -0.435 e. The number of pyridine rings is 1. The normalized spacial score (nSPS) is 14.4. The third-order valence-electron chi connectivity index (χ3n) is 4.30. The molecule has 1 saturated heterocycles. The molecule has 150 valence electrons. The first-order chi connectivity index (χ1) is 14.0. The molecule has 1 aromatic carbocycles. The molecule has 1 N–H and O–H groups in total. The average Bonchev–Trinajstić information content (AvgIpc) is 3.28. The number of hydrogen-bond acceptors (Lipinski definition) is 5. The summed E-state index contributed by atoms with van der Waals surface area (Å²) < 4.78 is 45.1. The van der Waals surface area contributed by atoms with E-state index in [1.54, 1.807) is 35.3 Å². The van der Waals surface area contributed by atoms with E-state index in [0.29, 0.717) is 35.9 Å². The van der Waals surface area contributed by atoms with Gasteiger partial charge in [0.2, 0.25) is 5.91 Å². The molecule has 29 heavy (non-hydrogen) atoms. The molecule has 3 aromatic rings. The van der Waals surface area contributed by atoms with Crippen molar-refractivity contribution in [2.24, 2.45) is 0 Å². The largest absolute Gasteiger partial charge is 0.435 e. The van der Waals surface area contributed by atoms with Crippen LogP contribution in [-0.4, -0.2) is 45.4 Å². The number of ether oxygens (including phenoxy) is 1. The smallest absolute Gasteiger partial charge is 0.387 e. The van der Waals surface area contributed by atoms with Crippen molar-refractivity contribution in [3.05, 3.63) is 60.3 Å². The highest BCUT2D eigenvalue weighted by Gasteiger charge is 2.21. The first kappa shape index (κ1) is 18.9. The van der Waals surface area contributed by atoms with Crippen molar-refractivity contribution in [3.8, 4) is 22.7 Å². The Hall–Kier alpha value is -3.40. The molecule has 0 spiro atoms. The third kappa shape index (κ3) is 4.37. The van der Waals surface area contributed by atoms with Crippen molar-refractivity contribution in [3.63, 3.8) is 0 Å². The number of carbonyl (C=O) groups is 1. The van der Waals surface area contributed by atoms with Gasteiger partial charge >= 0.3 is 6.61 Å². The molecule has 2 aromatic heterocycles. The lowest BCUT2D eigenvalue weighted by Crippen LogP contribution is -2.21. The summed E-state index contributed by atoms with van der Waals surface area (Å²) in [5.74, 6) is -1.08. The van der Waals surface area contributed by atoms with Gasteiger partial charge < -0.3 is 10.1 Å². The standard InChI is InChI=1S/C19H16F3N5O2/c20-13-4-12(5-16(6-13)29-19(21)22)17-7-14(9-26-10-18(28)24-11-26)25-27(17)15-2-1-3-23-8-15/h1-8,19H,9-11H2,(H,24,28). The fourth-order valence-corrected chi connectivity index (χ4v) is 3.13. The molecule has 1 fully saturated rings. The third-order valence-corrected chi connectivity index (χ3v) is 4.30. The van der Waals surface area contributed by atoms with Crippen LogP contribution in [0.4, 0.5) is 13.2 Å². The van der Waals surface area contributed by atoms with Crippen LogP contribution in [0.1, 0.15) is 5.69 Å². The second-order valence-corrected chi connectivity index (χ2v) is 6.44. The van der Waals surface area contributed by atoms with Crippen LogP contribution in [0.25, 0.3) is 16.9 Å². The molecule has 10 heteroatoms. The van der Waals surface area contributed by atoms with Crippen molar-refractivity contribution >= 4 is 5.91 Å². The summed E-state index contributed by atoms with van der Waals surface area (Å²) in [5, 5.41) is 7.26. The van der Waals surface area contributed by atoms with E-state index in [1.807, 2.05) is 4.90 Å². The quantitative estimate of drug-likeness (QED) is 0.685. The van der Waals surface area contributed by atoms with Crippen LogP contribution in [0, 0.1) is 5.82 Å². The first-order valence-corrected chi connectivity index (χ1v) is 8.72. The van der Waals surface area contributed by atoms with Gasteiger partial charge in [-0.2, -0.15) is 13.9 Å². The maximum absolute atomic E-state index is 14.1. The summed E-state index contributed by atoms with van der Waals surface area (Å²) in [6, 6.07) is 8.64. The Kier molecular flexibility index (Phi) is 5.17. The molecule has 0 bridgehead atoms. The van der Waals surface area contributed by atoms with Crippen molar-refractivity contribution in [1.29, 1.82) is 0 Å². The monoisotopic (exact) mass is 403 g/mol. The summed E-state index contributed by atoms with van der Waals surface area (Å²) in [7, 11) is 0. The maximum Gasteiger partial charge on any atom is 0.387 e. The lowest BCUT2D eigenvalue weighted by atomic mass is 10.1. The molecule has 1 aliphatic rings. The summed E-state index contributed by atoms with van der Waals surface area (Å²) in [6.07, 6.45) is 3.18. The van der Waals surface area contributed by atoms with Gasteiger partial charge in [-0.1, -0.05) is 0 Å². The number of alkyl halides is 2. The van der Waals surface area contributed by atoms with Crippen molar-refractivity contribution in [2.45, 2.75) is 13.2 Å². The van der Waals surface area contributed by atoms with E-state index in [2.05, 4.69) is 20.1 Å². The molecule has 0 aliphatic carbocycles. The fourth-order valence-electron chi connectivity index (χ4n) is 3.13. The first-order valence-electron chi connectivity index (χ1n) is 8.72. The second kappa shape index (κ2) is 7.92. The van der Waals surface area contributed by atoms with Gasteiger partial charge in [0.1, 0.15) is 11.6 Å². The highest BCUT2D eigenvalue weighted by atomic mass is 19.3. The zero-order valence-electron chi connectivity index (χ0n) is 15.1.